The molecular weight excluding hydrogens is 1330 g/mol. The number of primary amides is 1. The summed E-state index contributed by atoms with van der Waals surface area (Å²) in [6.45, 7) is 13.6. The average Bonchev–Trinajstić information content (AvgIpc) is 1.60. The zero-order valence-electron chi connectivity index (χ0n) is 61.7. The highest BCUT2D eigenvalue weighted by Gasteiger charge is 2.53. The SMILES string of the molecule is CC[C@H](C)[C@@H]([C@@H](CC(=O)N1CCC[C@H]1[C@H](OC)[C@@H](C)C(=O)N[C@@H](Cc1ccccc1)c1ncc(-c2ccccc2)[nH]1)OC)N(C)C(=O)[C@@H](NC(=O)C1[C@H]2CC[C@H](C2)N1C(=O)OCc1ccc(NC(=O)[C@H](CCCNC(N)=O)NC(=O)[C@@H](NC(=O)CCCCCN2C(=O)C=CC2=O)C(C)C)cc1)C(C)C. The zero-order chi connectivity index (χ0) is 75.3. The number of nitrogens with two attached hydrogens (primary N) is 1. The Morgan fingerprint density at radius 2 is 1.42 bits per heavy atom. The number of aromatic amines is 1. The van der Waals surface area contributed by atoms with Crippen molar-refractivity contribution in [3.8, 4) is 11.3 Å². The second-order valence-electron chi connectivity index (χ2n) is 28.7. The average molecular weight is 1440 g/mol. The summed E-state index contributed by atoms with van der Waals surface area (Å²) in [4.78, 5) is 163. The van der Waals surface area contributed by atoms with Crippen LogP contribution in [0.4, 0.5) is 15.3 Å². The molecule has 0 radical (unpaired) electrons. The number of likely N-dealkylation sites (N-methyl/N-ethyl adjacent to an activating group) is 1. The van der Waals surface area contributed by atoms with Gasteiger partial charge in [-0.25, -0.2) is 14.6 Å². The summed E-state index contributed by atoms with van der Waals surface area (Å²) in [5.41, 5.74) is 8.99. The molecule has 4 heterocycles. The number of urea groups is 1. The van der Waals surface area contributed by atoms with Gasteiger partial charge >= 0.3 is 12.1 Å². The van der Waals surface area contributed by atoms with Crippen molar-refractivity contribution in [1.82, 2.24) is 56.2 Å². The number of unbranched alkanes of at least 4 members (excludes halogenated alkanes) is 2. The minimum Gasteiger partial charge on any atom is -0.445 e. The first-order valence-electron chi connectivity index (χ1n) is 36.7. The minimum atomic E-state index is -1.11. The molecule has 1 aliphatic carbocycles. The number of imidazole rings is 1. The number of nitrogens with zero attached hydrogens (tertiary/aromatic N) is 5. The van der Waals surface area contributed by atoms with E-state index >= 15 is 4.79 Å². The van der Waals surface area contributed by atoms with Crippen LogP contribution in [0.25, 0.3) is 11.3 Å². The van der Waals surface area contributed by atoms with Crippen molar-refractivity contribution >= 4 is 71.0 Å². The smallest absolute Gasteiger partial charge is 0.411 e. The Hall–Kier alpha value is -9.50. The molecule has 0 spiro atoms. The first kappa shape index (κ1) is 80.2. The first-order chi connectivity index (χ1) is 49.8. The lowest BCUT2D eigenvalue weighted by molar-refractivity contribution is -0.148. The summed E-state index contributed by atoms with van der Waals surface area (Å²) in [5, 5.41) is 17.2. The fourth-order valence-corrected chi connectivity index (χ4v) is 14.9. The Morgan fingerprint density at radius 3 is 2.07 bits per heavy atom. The third-order valence-electron chi connectivity index (χ3n) is 20.8. The molecule has 564 valence electrons. The number of anilines is 1. The number of methoxy groups -OCH3 is 2. The quantitative estimate of drug-likeness (QED) is 0.0162. The number of aromatic nitrogens is 2. The molecule has 9 N–H and O–H groups in total. The van der Waals surface area contributed by atoms with Crippen molar-refractivity contribution in [3.63, 3.8) is 0 Å². The Morgan fingerprint density at radius 1 is 0.740 bits per heavy atom. The number of hydrogen-bond acceptors (Lipinski definition) is 15. The van der Waals surface area contributed by atoms with Gasteiger partial charge in [0.1, 0.15) is 36.6 Å². The molecule has 8 rings (SSSR count). The van der Waals surface area contributed by atoms with E-state index in [1.807, 2.05) is 95.3 Å². The Balaban J connectivity index is 0.856. The number of ether oxygens (including phenoxy) is 3. The number of H-pyrrole nitrogens is 1. The van der Waals surface area contributed by atoms with E-state index in [2.05, 4.69) is 36.9 Å². The Bertz CT molecular complexity index is 3610. The summed E-state index contributed by atoms with van der Waals surface area (Å²) >= 11 is 0. The molecule has 4 aliphatic rings. The number of carbonyl (C=O) groups excluding carboxylic acids is 11. The molecule has 1 unspecified atom stereocenters. The maximum Gasteiger partial charge on any atom is 0.411 e. The zero-order valence-corrected chi connectivity index (χ0v) is 61.7. The molecule has 13 atom stereocenters. The predicted octanol–water partition coefficient (Wildman–Crippen LogP) is 7.23. The van der Waals surface area contributed by atoms with Gasteiger partial charge in [-0.05, 0) is 117 Å². The standard InChI is InChI=1S/C77H107N13O14/c1-11-48(6)67(60(102-9)43-64(94)88-40-22-28-59(88)69(103-10)49(7)71(95)84-57(41-50-23-15-12-16-24-50)70-80-44-58(82-70)52-25-17-13-18-26-52)87(8)75(99)66(47(4)5)86-74(98)68-53-32-35-55(42-53)90(68)77(101)104-45-51-30-33-54(34-31-51)81-72(96)56(27-21-38-79-76(78)100)83-73(97)65(46(2)3)85-61(91)29-19-14-20-39-89-62(92)36-37-63(89)93/h12-13,15-18,23-26,30-31,33-34,36-37,44,46-49,53,55-57,59-60,65-69H,11,14,19-22,27-29,32,35,38-43,45H2,1-10H3,(H,80,82)(H,81,96)(H,83,97)(H,84,95)(H,85,91)(H,86,98)(H3,78,79,100)/t48-,49+,53-,55+,56-,57-,59-,60+,65-,66-,67-,68?,69+/m0/s1. The van der Waals surface area contributed by atoms with Crippen molar-refractivity contribution < 1.29 is 67.0 Å². The van der Waals surface area contributed by atoms with Crippen LogP contribution in [0.2, 0.25) is 0 Å². The maximum atomic E-state index is 15.1. The van der Waals surface area contributed by atoms with E-state index in [0.717, 1.165) is 21.7 Å². The summed E-state index contributed by atoms with van der Waals surface area (Å²) in [5.74, 6) is -4.82. The number of nitrogens with one attached hydrogen (secondary N) is 7. The number of benzene rings is 3. The molecule has 1 saturated carbocycles. The first-order valence-corrected chi connectivity index (χ1v) is 36.7. The van der Waals surface area contributed by atoms with Gasteiger partial charge in [-0.1, -0.05) is 134 Å². The van der Waals surface area contributed by atoms with Crippen molar-refractivity contribution in [3.05, 3.63) is 120 Å². The van der Waals surface area contributed by atoms with E-state index in [9.17, 15) is 47.9 Å². The van der Waals surface area contributed by atoms with Gasteiger partial charge in [-0.2, -0.15) is 0 Å². The van der Waals surface area contributed by atoms with Gasteiger partial charge in [0.2, 0.25) is 41.4 Å². The van der Waals surface area contributed by atoms with E-state index in [-0.39, 0.29) is 105 Å². The van der Waals surface area contributed by atoms with Gasteiger partial charge in [0.05, 0.1) is 54.6 Å². The molecule has 3 aromatic carbocycles. The lowest BCUT2D eigenvalue weighted by Crippen LogP contribution is -2.60. The number of likely N-dealkylation sites (tertiary alicyclic amines) is 2. The molecule has 12 amide bonds. The second kappa shape index (κ2) is 38.3. The van der Waals surface area contributed by atoms with Gasteiger partial charge in [-0.15, -0.1) is 0 Å². The fourth-order valence-electron chi connectivity index (χ4n) is 14.9. The molecule has 3 aliphatic heterocycles. The van der Waals surface area contributed by atoms with Crippen molar-refractivity contribution in [1.29, 1.82) is 0 Å². The number of hydrogen-bond donors (Lipinski definition) is 8. The molecule has 3 fully saturated rings. The van der Waals surface area contributed by atoms with Crippen LogP contribution in [0.3, 0.4) is 0 Å². The third kappa shape index (κ3) is 21.1. The number of rotatable bonds is 38. The monoisotopic (exact) mass is 1440 g/mol. The number of carbonyl (C=O) groups is 11. The third-order valence-corrected chi connectivity index (χ3v) is 20.8. The summed E-state index contributed by atoms with van der Waals surface area (Å²) in [7, 11) is 4.76. The second-order valence-corrected chi connectivity index (χ2v) is 28.7. The van der Waals surface area contributed by atoms with E-state index in [1.165, 1.54) is 24.2 Å². The highest BCUT2D eigenvalue weighted by molar-refractivity contribution is 6.12. The predicted molar refractivity (Wildman–Crippen MR) is 390 cm³/mol. The van der Waals surface area contributed by atoms with Gasteiger partial charge in [-0.3, -0.25) is 53.0 Å². The molecule has 104 heavy (non-hydrogen) atoms. The molecule has 2 bridgehead atoms. The summed E-state index contributed by atoms with van der Waals surface area (Å²) < 4.78 is 18.2. The highest BCUT2D eigenvalue weighted by Crippen LogP contribution is 2.43. The molecule has 27 nitrogen and oxygen atoms in total. The number of imide groups is 1. The van der Waals surface area contributed by atoms with Crippen molar-refractivity contribution in [2.75, 3.05) is 46.2 Å². The van der Waals surface area contributed by atoms with Crippen LogP contribution in [-0.2, 0) is 70.4 Å². The molecule has 4 aromatic rings. The van der Waals surface area contributed by atoms with Gasteiger partial charge in [0, 0.05) is 71.2 Å². The van der Waals surface area contributed by atoms with Gasteiger partial charge < -0.3 is 66.6 Å². The van der Waals surface area contributed by atoms with E-state index in [0.29, 0.717) is 87.8 Å². The van der Waals surface area contributed by atoms with Crippen LogP contribution >= 0.6 is 0 Å². The number of amides is 12. The fraction of sp³-hybridized carbons (Fsp3) is 0.558. The molecule has 2 saturated heterocycles. The normalized spacial score (nSPS) is 19.5. The van der Waals surface area contributed by atoms with Crippen LogP contribution < -0.4 is 37.6 Å². The molecule has 1 aromatic heterocycles. The largest absolute Gasteiger partial charge is 0.445 e. The Kier molecular flexibility index (Phi) is 29.5. The lowest BCUT2D eigenvalue weighted by atomic mass is 9.89. The van der Waals surface area contributed by atoms with Crippen molar-refractivity contribution in [2.24, 2.45) is 35.3 Å². The lowest BCUT2D eigenvalue weighted by Gasteiger charge is -2.41. The van der Waals surface area contributed by atoms with E-state index in [4.69, 9.17) is 24.9 Å². The number of fused-ring (bicyclic) bond motifs is 2. The topological polar surface area (TPSA) is 355 Å². The van der Waals surface area contributed by atoms with Crippen molar-refractivity contribution in [2.45, 2.75) is 206 Å². The highest BCUT2D eigenvalue weighted by atomic mass is 16.6. The van der Waals surface area contributed by atoms with Crippen LogP contribution in [0.15, 0.2) is 103 Å². The van der Waals surface area contributed by atoms with Crippen LogP contribution in [0, 0.1) is 29.6 Å². The molecular formula is C77H107N13O14. The van der Waals surface area contributed by atoms with E-state index in [1.54, 1.807) is 68.3 Å². The molecule has 27 heteroatoms. The Labute approximate surface area is 610 Å². The maximum absolute atomic E-state index is 15.1. The summed E-state index contributed by atoms with van der Waals surface area (Å²) in [6, 6.07) is 19.6. The van der Waals surface area contributed by atoms with Gasteiger partial charge in [0.15, 0.2) is 0 Å². The van der Waals surface area contributed by atoms with Gasteiger partial charge in [0.25, 0.3) is 11.8 Å². The van der Waals surface area contributed by atoms with Crippen LogP contribution in [-0.4, -0.2) is 190 Å². The number of piperidine rings is 1. The summed E-state index contributed by atoms with van der Waals surface area (Å²) in [6.07, 6.45) is 8.30. The van der Waals surface area contributed by atoms with Crippen LogP contribution in [0.5, 0.6) is 0 Å². The minimum absolute atomic E-state index is 0.0775. The van der Waals surface area contributed by atoms with Crippen LogP contribution in [0.1, 0.15) is 155 Å². The van der Waals surface area contributed by atoms with E-state index < -0.39 is 96.2 Å².